The number of amides is 1. The quantitative estimate of drug-likeness (QED) is 0.825. The summed E-state index contributed by atoms with van der Waals surface area (Å²) >= 11 is 0. The first-order valence-corrected chi connectivity index (χ1v) is 10.3. The Morgan fingerprint density at radius 2 is 1.73 bits per heavy atom. The van der Waals surface area contributed by atoms with Crippen LogP contribution in [0.2, 0.25) is 0 Å². The van der Waals surface area contributed by atoms with Gasteiger partial charge in [-0.1, -0.05) is 45.0 Å². The van der Waals surface area contributed by atoms with Crippen molar-refractivity contribution in [3.05, 3.63) is 35.4 Å². The van der Waals surface area contributed by atoms with Crippen LogP contribution in [0.1, 0.15) is 70.9 Å². The van der Waals surface area contributed by atoms with Crippen molar-refractivity contribution in [1.82, 2.24) is 4.90 Å². The lowest BCUT2D eigenvalue weighted by Crippen LogP contribution is -2.65. The van der Waals surface area contributed by atoms with Gasteiger partial charge in [-0.2, -0.15) is 0 Å². The average molecular weight is 356 g/mol. The highest BCUT2D eigenvalue weighted by atomic mass is 16.3. The molecule has 2 bridgehead atoms. The molecule has 0 spiro atoms. The van der Waals surface area contributed by atoms with Gasteiger partial charge in [0.25, 0.3) is 0 Å². The lowest BCUT2D eigenvalue weighted by atomic mass is 9.51. The Hall–Kier alpha value is -1.35. The minimum absolute atomic E-state index is 0.0649. The number of likely N-dealkylation sites (tertiary alicyclic amines) is 1. The SMILES string of the molecule is CC1(O)CCC(C(=O)N2CC[C@@]3(C)c4ccccc4C[C@@H]2C3(C)C)CC1. The standard InChI is InChI=1S/C23H33NO2/c1-21(2)19-15-17-7-5-6-8-18(17)23(21,4)13-14-24(19)20(25)16-9-11-22(3,26)12-10-16/h5-8,16,19,26H,9-15H2,1-4H3/t16?,19-,22?,23+/m1/s1. The Balaban J connectivity index is 1.63. The number of benzene rings is 1. The predicted molar refractivity (Wildman–Crippen MR) is 104 cm³/mol. The van der Waals surface area contributed by atoms with Gasteiger partial charge in [-0.25, -0.2) is 0 Å². The fraction of sp³-hybridized carbons (Fsp3) is 0.696. The number of carbonyl (C=O) groups is 1. The Labute approximate surface area is 157 Å². The molecule has 2 aliphatic carbocycles. The molecule has 0 radical (unpaired) electrons. The van der Waals surface area contributed by atoms with Crippen molar-refractivity contribution in [3.63, 3.8) is 0 Å². The minimum Gasteiger partial charge on any atom is -0.390 e. The summed E-state index contributed by atoms with van der Waals surface area (Å²) in [4.78, 5) is 15.6. The van der Waals surface area contributed by atoms with Crippen LogP contribution in [-0.2, 0) is 16.6 Å². The molecule has 2 atom stereocenters. The normalized spacial score (nSPS) is 38.6. The van der Waals surface area contributed by atoms with Crippen molar-refractivity contribution >= 4 is 5.91 Å². The maximum atomic E-state index is 13.4. The Kier molecular flexibility index (Phi) is 4.04. The van der Waals surface area contributed by atoms with Crippen LogP contribution >= 0.6 is 0 Å². The first-order valence-electron chi connectivity index (χ1n) is 10.3. The van der Waals surface area contributed by atoms with Crippen LogP contribution in [-0.4, -0.2) is 34.1 Å². The van der Waals surface area contributed by atoms with E-state index in [0.29, 0.717) is 5.91 Å². The lowest BCUT2D eigenvalue weighted by Gasteiger charge is -2.61. The third kappa shape index (κ3) is 2.54. The monoisotopic (exact) mass is 355 g/mol. The van der Waals surface area contributed by atoms with Crippen LogP contribution in [0.5, 0.6) is 0 Å². The highest BCUT2D eigenvalue weighted by Crippen LogP contribution is 2.56. The summed E-state index contributed by atoms with van der Waals surface area (Å²) in [7, 11) is 0. The van der Waals surface area contributed by atoms with Crippen LogP contribution in [0.4, 0.5) is 0 Å². The predicted octanol–water partition coefficient (Wildman–Crippen LogP) is 4.07. The molecule has 3 nitrogen and oxygen atoms in total. The fourth-order valence-corrected chi connectivity index (χ4v) is 5.86. The molecule has 1 aliphatic heterocycles. The largest absolute Gasteiger partial charge is 0.390 e. The zero-order valence-corrected chi connectivity index (χ0v) is 16.7. The first-order chi connectivity index (χ1) is 12.2. The zero-order valence-electron chi connectivity index (χ0n) is 16.7. The second-order valence-electron chi connectivity index (χ2n) is 9.98. The van der Waals surface area contributed by atoms with E-state index in [1.54, 1.807) is 0 Å². The number of carbonyl (C=O) groups excluding carboxylic acids is 1. The second-order valence-corrected chi connectivity index (χ2v) is 9.98. The number of hydrogen-bond acceptors (Lipinski definition) is 2. The molecule has 1 aromatic carbocycles. The van der Waals surface area contributed by atoms with Crippen molar-refractivity contribution in [2.75, 3.05) is 6.54 Å². The number of hydrogen-bond donors (Lipinski definition) is 1. The van der Waals surface area contributed by atoms with Gasteiger partial charge in [0, 0.05) is 23.9 Å². The van der Waals surface area contributed by atoms with E-state index < -0.39 is 5.60 Å². The highest BCUT2D eigenvalue weighted by Gasteiger charge is 2.57. The fourth-order valence-electron chi connectivity index (χ4n) is 5.86. The van der Waals surface area contributed by atoms with Gasteiger partial charge < -0.3 is 10.0 Å². The van der Waals surface area contributed by atoms with Crippen LogP contribution in [0, 0.1) is 11.3 Å². The Morgan fingerprint density at radius 1 is 1.08 bits per heavy atom. The van der Waals surface area contributed by atoms with E-state index in [4.69, 9.17) is 0 Å². The van der Waals surface area contributed by atoms with Gasteiger partial charge >= 0.3 is 0 Å². The summed E-state index contributed by atoms with van der Waals surface area (Å²) in [6.45, 7) is 9.89. The molecule has 4 rings (SSSR count). The molecule has 3 aliphatic rings. The summed E-state index contributed by atoms with van der Waals surface area (Å²) in [5.41, 5.74) is 2.51. The van der Waals surface area contributed by atoms with E-state index in [-0.39, 0.29) is 22.8 Å². The smallest absolute Gasteiger partial charge is 0.225 e. The summed E-state index contributed by atoms with van der Waals surface area (Å²) < 4.78 is 0. The molecular formula is C23H33NO2. The molecule has 0 aromatic heterocycles. The molecular weight excluding hydrogens is 322 g/mol. The van der Waals surface area contributed by atoms with Gasteiger partial charge in [-0.3, -0.25) is 4.79 Å². The molecule has 26 heavy (non-hydrogen) atoms. The maximum Gasteiger partial charge on any atom is 0.225 e. The number of rotatable bonds is 1. The minimum atomic E-state index is -0.583. The summed E-state index contributed by atoms with van der Waals surface area (Å²) in [6.07, 6.45) is 5.13. The third-order valence-corrected chi connectivity index (χ3v) is 8.20. The zero-order chi connectivity index (χ0) is 18.7. The summed E-state index contributed by atoms with van der Waals surface area (Å²) in [6, 6.07) is 9.11. The lowest BCUT2D eigenvalue weighted by molar-refractivity contribution is -0.150. The molecule has 3 heteroatoms. The molecule has 1 saturated heterocycles. The van der Waals surface area contributed by atoms with E-state index in [0.717, 1.165) is 45.1 Å². The number of nitrogens with zero attached hydrogens (tertiary/aromatic N) is 1. The molecule has 142 valence electrons. The van der Waals surface area contributed by atoms with E-state index in [9.17, 15) is 9.90 Å². The topological polar surface area (TPSA) is 40.5 Å². The van der Waals surface area contributed by atoms with Crippen molar-refractivity contribution in [1.29, 1.82) is 0 Å². The summed E-state index contributed by atoms with van der Waals surface area (Å²) in [5.74, 6) is 0.424. The van der Waals surface area contributed by atoms with E-state index >= 15 is 0 Å². The van der Waals surface area contributed by atoms with Gasteiger partial charge in [-0.15, -0.1) is 0 Å². The van der Waals surface area contributed by atoms with Gasteiger partial charge in [0.15, 0.2) is 0 Å². The first kappa shape index (κ1) is 18.0. The highest BCUT2D eigenvalue weighted by molar-refractivity contribution is 5.80. The van der Waals surface area contributed by atoms with Crippen LogP contribution < -0.4 is 0 Å². The molecule has 0 unspecified atom stereocenters. The van der Waals surface area contributed by atoms with Crippen molar-refractivity contribution in [2.45, 2.75) is 83.3 Å². The molecule has 1 saturated carbocycles. The van der Waals surface area contributed by atoms with Crippen molar-refractivity contribution in [3.8, 4) is 0 Å². The van der Waals surface area contributed by atoms with Crippen LogP contribution in [0.15, 0.2) is 24.3 Å². The second kappa shape index (κ2) is 5.82. The third-order valence-electron chi connectivity index (χ3n) is 8.20. The van der Waals surface area contributed by atoms with Crippen molar-refractivity contribution in [2.24, 2.45) is 11.3 Å². The Bertz CT molecular complexity index is 713. The van der Waals surface area contributed by atoms with E-state index in [2.05, 4.69) is 49.9 Å². The maximum absolute atomic E-state index is 13.4. The molecule has 1 aromatic rings. The van der Waals surface area contributed by atoms with Crippen molar-refractivity contribution < 1.29 is 9.90 Å². The average Bonchev–Trinajstić information content (AvgIpc) is 2.58. The molecule has 1 amide bonds. The van der Waals surface area contributed by atoms with Crippen LogP contribution in [0.3, 0.4) is 0 Å². The molecule has 1 N–H and O–H groups in total. The summed E-state index contributed by atoms with van der Waals surface area (Å²) in [5, 5.41) is 10.2. The van der Waals surface area contributed by atoms with E-state index in [1.165, 1.54) is 11.1 Å². The number of aliphatic hydroxyl groups is 1. The van der Waals surface area contributed by atoms with Gasteiger partial charge in [0.05, 0.1) is 5.60 Å². The van der Waals surface area contributed by atoms with Gasteiger partial charge in [0.1, 0.15) is 0 Å². The number of piperidine rings is 1. The molecule has 1 heterocycles. The van der Waals surface area contributed by atoms with Crippen LogP contribution in [0.25, 0.3) is 0 Å². The number of fused-ring (bicyclic) bond motifs is 4. The van der Waals surface area contributed by atoms with Gasteiger partial charge in [0.2, 0.25) is 5.91 Å². The molecule has 2 fully saturated rings. The van der Waals surface area contributed by atoms with Gasteiger partial charge in [-0.05, 0) is 62.0 Å². The Morgan fingerprint density at radius 3 is 2.42 bits per heavy atom. The van der Waals surface area contributed by atoms with E-state index in [1.807, 2.05) is 6.92 Å².